The standard InChI is InChI=1S/C22H21ClN4O/c1-20(2)21(3)10-11-22(20,19(28)27-16-9-8-13(23)12-24-16)18-17(21)25-14-6-4-5-7-15(14)26-18/h4-9,12H,10-11H2,1-3H3,(H,24,27,28)/t21-,22-/m0/s1. The maximum absolute atomic E-state index is 13.7. The first-order valence-corrected chi connectivity index (χ1v) is 9.88. The average Bonchev–Trinajstić information content (AvgIpc) is 2.98. The summed E-state index contributed by atoms with van der Waals surface area (Å²) >= 11 is 5.93. The molecule has 2 aliphatic carbocycles. The van der Waals surface area contributed by atoms with Crippen LogP contribution in [0.4, 0.5) is 5.82 Å². The molecule has 6 heteroatoms. The maximum atomic E-state index is 13.7. The van der Waals surface area contributed by atoms with Crippen molar-refractivity contribution in [3.63, 3.8) is 0 Å². The number of aromatic nitrogens is 3. The van der Waals surface area contributed by atoms with Gasteiger partial charge in [0.05, 0.1) is 32.9 Å². The molecule has 3 aromatic rings. The van der Waals surface area contributed by atoms with Crippen molar-refractivity contribution in [1.29, 1.82) is 0 Å². The number of para-hydroxylation sites is 2. The minimum absolute atomic E-state index is 0.0700. The van der Waals surface area contributed by atoms with Crippen molar-refractivity contribution in [1.82, 2.24) is 15.0 Å². The molecule has 28 heavy (non-hydrogen) atoms. The van der Waals surface area contributed by atoms with E-state index in [1.54, 1.807) is 12.1 Å². The summed E-state index contributed by atoms with van der Waals surface area (Å²) in [6.07, 6.45) is 3.19. The Morgan fingerprint density at radius 2 is 1.68 bits per heavy atom. The Morgan fingerprint density at radius 3 is 2.32 bits per heavy atom. The van der Waals surface area contributed by atoms with Crippen LogP contribution in [0.5, 0.6) is 0 Å². The van der Waals surface area contributed by atoms with Crippen molar-refractivity contribution in [2.45, 2.75) is 44.4 Å². The van der Waals surface area contributed by atoms with Gasteiger partial charge >= 0.3 is 0 Å². The smallest absolute Gasteiger partial charge is 0.238 e. The highest BCUT2D eigenvalue weighted by Gasteiger charge is 2.73. The van der Waals surface area contributed by atoms with Gasteiger partial charge in [-0.05, 0) is 42.5 Å². The summed E-state index contributed by atoms with van der Waals surface area (Å²) in [4.78, 5) is 27.9. The van der Waals surface area contributed by atoms with E-state index < -0.39 is 5.41 Å². The van der Waals surface area contributed by atoms with E-state index in [1.807, 2.05) is 24.3 Å². The molecule has 0 radical (unpaired) electrons. The number of anilines is 1. The summed E-state index contributed by atoms with van der Waals surface area (Å²) < 4.78 is 0. The van der Waals surface area contributed by atoms with Gasteiger partial charge in [0.15, 0.2) is 0 Å². The molecule has 2 atom stereocenters. The van der Waals surface area contributed by atoms with Gasteiger partial charge in [-0.1, -0.05) is 44.5 Å². The second-order valence-corrected chi connectivity index (χ2v) is 9.02. The van der Waals surface area contributed by atoms with Gasteiger partial charge in [-0.15, -0.1) is 0 Å². The molecule has 2 heterocycles. The molecule has 1 N–H and O–H groups in total. The Hall–Kier alpha value is -2.53. The van der Waals surface area contributed by atoms with E-state index in [4.69, 9.17) is 21.6 Å². The quantitative estimate of drug-likeness (QED) is 0.689. The van der Waals surface area contributed by atoms with Crippen molar-refractivity contribution in [3.8, 4) is 0 Å². The van der Waals surface area contributed by atoms with Crippen molar-refractivity contribution in [2.24, 2.45) is 5.41 Å². The summed E-state index contributed by atoms with van der Waals surface area (Å²) in [5, 5.41) is 3.55. The zero-order valence-corrected chi connectivity index (χ0v) is 16.8. The van der Waals surface area contributed by atoms with Crippen molar-refractivity contribution >= 4 is 34.4 Å². The molecular weight excluding hydrogens is 372 g/mol. The fourth-order valence-corrected chi connectivity index (χ4v) is 5.33. The van der Waals surface area contributed by atoms with Crippen LogP contribution in [0.3, 0.4) is 0 Å². The van der Waals surface area contributed by atoms with Crippen molar-refractivity contribution < 1.29 is 4.79 Å². The van der Waals surface area contributed by atoms with E-state index in [-0.39, 0.29) is 16.7 Å². The number of rotatable bonds is 2. The summed E-state index contributed by atoms with van der Waals surface area (Å²) in [5.41, 5.74) is 2.21. The van der Waals surface area contributed by atoms with Crippen LogP contribution in [0.1, 0.15) is 45.0 Å². The zero-order valence-electron chi connectivity index (χ0n) is 16.1. The molecule has 5 rings (SSSR count). The fraction of sp³-hybridized carbons (Fsp3) is 0.364. The normalized spacial score (nSPS) is 27.0. The Balaban J connectivity index is 1.69. The largest absolute Gasteiger partial charge is 0.310 e. The van der Waals surface area contributed by atoms with E-state index in [2.05, 4.69) is 31.1 Å². The first kappa shape index (κ1) is 17.6. The highest BCUT2D eigenvalue weighted by atomic mass is 35.5. The number of amides is 1. The van der Waals surface area contributed by atoms with Crippen LogP contribution < -0.4 is 5.32 Å². The molecule has 1 aromatic carbocycles. The van der Waals surface area contributed by atoms with Crippen LogP contribution >= 0.6 is 11.6 Å². The number of carbonyl (C=O) groups is 1. The van der Waals surface area contributed by atoms with Gasteiger partial charge in [-0.25, -0.2) is 15.0 Å². The molecule has 142 valence electrons. The third kappa shape index (κ3) is 1.97. The SMILES string of the molecule is CC1(C)[C@@]2(C)CC[C@@]1(C(=O)Nc1ccc(Cl)cn1)c1nc3ccccc3nc12. The van der Waals surface area contributed by atoms with Gasteiger partial charge in [-0.3, -0.25) is 4.79 Å². The number of nitrogens with one attached hydrogen (secondary N) is 1. The fourth-order valence-electron chi connectivity index (χ4n) is 5.22. The predicted octanol–water partition coefficient (Wildman–Crippen LogP) is 4.65. The Bertz CT molecular complexity index is 1130. The van der Waals surface area contributed by atoms with Crippen LogP contribution in [-0.2, 0) is 15.6 Å². The van der Waals surface area contributed by atoms with Gasteiger partial charge in [0.1, 0.15) is 5.82 Å². The van der Waals surface area contributed by atoms with Crippen LogP contribution in [0.25, 0.3) is 11.0 Å². The molecule has 0 unspecified atom stereocenters. The average molecular weight is 393 g/mol. The Kier molecular flexibility index (Phi) is 3.45. The first-order valence-electron chi connectivity index (χ1n) is 9.50. The maximum Gasteiger partial charge on any atom is 0.238 e. The number of hydrogen-bond donors (Lipinski definition) is 1. The van der Waals surface area contributed by atoms with E-state index in [9.17, 15) is 4.79 Å². The molecule has 1 fully saturated rings. The molecule has 5 nitrogen and oxygen atoms in total. The molecule has 0 spiro atoms. The topological polar surface area (TPSA) is 67.8 Å². The first-order chi connectivity index (χ1) is 13.3. The van der Waals surface area contributed by atoms with E-state index in [0.29, 0.717) is 10.8 Å². The van der Waals surface area contributed by atoms with Gasteiger partial charge in [-0.2, -0.15) is 0 Å². The van der Waals surface area contributed by atoms with Crippen LogP contribution in [0, 0.1) is 5.41 Å². The molecule has 2 aromatic heterocycles. The van der Waals surface area contributed by atoms with E-state index in [0.717, 1.165) is 35.3 Å². The minimum atomic E-state index is -0.741. The molecule has 2 bridgehead atoms. The monoisotopic (exact) mass is 392 g/mol. The van der Waals surface area contributed by atoms with E-state index >= 15 is 0 Å². The number of halogens is 1. The Morgan fingerprint density at radius 1 is 1.00 bits per heavy atom. The number of hydrogen-bond acceptors (Lipinski definition) is 4. The summed E-state index contributed by atoms with van der Waals surface area (Å²) in [7, 11) is 0. The van der Waals surface area contributed by atoms with Crippen LogP contribution in [0.2, 0.25) is 5.02 Å². The minimum Gasteiger partial charge on any atom is -0.310 e. The third-order valence-corrected chi connectivity index (χ3v) is 7.52. The van der Waals surface area contributed by atoms with Crippen LogP contribution in [0.15, 0.2) is 42.6 Å². The summed E-state index contributed by atoms with van der Waals surface area (Å²) in [6, 6.07) is 11.3. The predicted molar refractivity (Wildman–Crippen MR) is 109 cm³/mol. The molecule has 0 aliphatic heterocycles. The van der Waals surface area contributed by atoms with Crippen molar-refractivity contribution in [2.75, 3.05) is 5.32 Å². The lowest BCUT2D eigenvalue weighted by Crippen LogP contribution is -2.48. The number of nitrogens with zero attached hydrogens (tertiary/aromatic N) is 3. The zero-order chi connectivity index (χ0) is 19.7. The second kappa shape index (κ2) is 5.51. The number of pyridine rings is 1. The van der Waals surface area contributed by atoms with Crippen LogP contribution in [-0.4, -0.2) is 20.9 Å². The molecule has 0 saturated heterocycles. The number of carbonyl (C=O) groups excluding carboxylic acids is 1. The summed E-state index contributed by atoms with van der Waals surface area (Å²) in [6.45, 7) is 6.56. The van der Waals surface area contributed by atoms with Gasteiger partial charge in [0.2, 0.25) is 5.91 Å². The molecular formula is C22H21ClN4O. The van der Waals surface area contributed by atoms with Crippen molar-refractivity contribution in [3.05, 3.63) is 59.0 Å². The number of benzene rings is 1. The summed E-state index contributed by atoms with van der Waals surface area (Å²) in [5.74, 6) is 0.426. The second-order valence-electron chi connectivity index (χ2n) is 8.59. The van der Waals surface area contributed by atoms with E-state index in [1.165, 1.54) is 6.20 Å². The van der Waals surface area contributed by atoms with Gasteiger partial charge < -0.3 is 5.32 Å². The molecule has 1 saturated carbocycles. The lowest BCUT2D eigenvalue weighted by molar-refractivity contribution is -0.125. The molecule has 1 amide bonds. The highest BCUT2D eigenvalue weighted by molar-refractivity contribution is 6.30. The lowest BCUT2D eigenvalue weighted by atomic mass is 9.63. The van der Waals surface area contributed by atoms with Gasteiger partial charge in [0.25, 0.3) is 0 Å². The third-order valence-electron chi connectivity index (χ3n) is 7.30. The molecule has 2 aliphatic rings. The Labute approximate surface area is 168 Å². The van der Waals surface area contributed by atoms with Gasteiger partial charge in [0, 0.05) is 11.6 Å². The number of fused-ring (bicyclic) bond motifs is 6. The lowest BCUT2D eigenvalue weighted by Gasteiger charge is -2.39. The highest BCUT2D eigenvalue weighted by Crippen LogP contribution is 2.70.